The Kier molecular flexibility index (Phi) is 11.8. The van der Waals surface area contributed by atoms with Crippen molar-refractivity contribution in [3.63, 3.8) is 0 Å². The normalized spacial score (nSPS) is 19.0. The molecule has 1 amide bonds. The van der Waals surface area contributed by atoms with Gasteiger partial charge in [0.05, 0.1) is 26.1 Å². The summed E-state index contributed by atoms with van der Waals surface area (Å²) in [4.78, 5) is 16.6. The number of aryl methyl sites for hydroxylation is 2. The van der Waals surface area contributed by atoms with Gasteiger partial charge in [0.1, 0.15) is 19.0 Å². The number of fused-ring (bicyclic) bond motifs is 2. The number of ether oxygens (including phenoxy) is 3. The molecule has 7 nitrogen and oxygen atoms in total. The fourth-order valence-electron chi connectivity index (χ4n) is 6.60. The van der Waals surface area contributed by atoms with Crippen molar-refractivity contribution in [2.75, 3.05) is 40.0 Å². The van der Waals surface area contributed by atoms with E-state index in [9.17, 15) is 4.79 Å². The Balaban J connectivity index is 1.20. The SMILES string of the molecule is COCCCc1cc(Cl)c(Cl)c(CN(C(=O)C2=C(c3ccc(OCCOc4c(Cl)cc(C)cc4Cl)cc3)C[C@@H]3CNC[C@@H]2N3)C2CC2)c1. The Morgan fingerprint density at radius 1 is 0.917 bits per heavy atom. The summed E-state index contributed by atoms with van der Waals surface area (Å²) in [5.41, 5.74) is 5.86. The van der Waals surface area contributed by atoms with Gasteiger partial charge in [0, 0.05) is 51.0 Å². The minimum atomic E-state index is -0.0887. The number of nitrogens with zero attached hydrogens (tertiary/aromatic N) is 1. The number of amides is 1. The monoisotopic (exact) mass is 731 g/mol. The summed E-state index contributed by atoms with van der Waals surface area (Å²) in [7, 11) is 1.70. The number of rotatable bonds is 14. The summed E-state index contributed by atoms with van der Waals surface area (Å²) in [6, 6.07) is 16.0. The molecule has 1 saturated heterocycles. The number of carbonyl (C=O) groups excluding carboxylic acids is 1. The molecule has 2 aliphatic heterocycles. The lowest BCUT2D eigenvalue weighted by atomic mass is 9.83. The Morgan fingerprint density at radius 2 is 1.65 bits per heavy atom. The second-order valence-electron chi connectivity index (χ2n) is 12.8. The Labute approximate surface area is 302 Å². The van der Waals surface area contributed by atoms with Crippen molar-refractivity contribution < 1.29 is 19.0 Å². The molecule has 6 rings (SSSR count). The summed E-state index contributed by atoms with van der Waals surface area (Å²) in [5.74, 6) is 1.22. The zero-order chi connectivity index (χ0) is 33.8. The lowest BCUT2D eigenvalue weighted by Crippen LogP contribution is -2.60. The highest BCUT2D eigenvalue weighted by Crippen LogP contribution is 2.39. The van der Waals surface area contributed by atoms with Crippen LogP contribution in [0.2, 0.25) is 20.1 Å². The van der Waals surface area contributed by atoms with Crippen molar-refractivity contribution >= 4 is 57.9 Å². The molecule has 3 aromatic carbocycles. The molecular formula is C37H41Cl4N3O4. The Hall–Kier alpha value is -2.49. The average molecular weight is 734 g/mol. The smallest absolute Gasteiger partial charge is 0.252 e. The lowest BCUT2D eigenvalue weighted by molar-refractivity contribution is -0.128. The van der Waals surface area contributed by atoms with Crippen LogP contribution in [-0.4, -0.2) is 69.0 Å². The lowest BCUT2D eigenvalue weighted by Gasteiger charge is -2.41. The maximum absolute atomic E-state index is 14.6. The van der Waals surface area contributed by atoms with Crippen molar-refractivity contribution in [1.29, 1.82) is 0 Å². The van der Waals surface area contributed by atoms with Gasteiger partial charge in [0.25, 0.3) is 5.91 Å². The van der Waals surface area contributed by atoms with Gasteiger partial charge >= 0.3 is 0 Å². The molecule has 2 bridgehead atoms. The van der Waals surface area contributed by atoms with E-state index in [2.05, 4.69) is 16.7 Å². The highest BCUT2D eigenvalue weighted by molar-refractivity contribution is 6.42. The van der Waals surface area contributed by atoms with E-state index in [0.717, 1.165) is 72.0 Å². The van der Waals surface area contributed by atoms with Gasteiger partial charge in [0.15, 0.2) is 5.75 Å². The topological polar surface area (TPSA) is 72.1 Å². The molecular weight excluding hydrogens is 692 g/mol. The van der Waals surface area contributed by atoms with E-state index in [0.29, 0.717) is 64.5 Å². The van der Waals surface area contributed by atoms with Gasteiger partial charge in [-0.05, 0) is 97.2 Å². The van der Waals surface area contributed by atoms with Crippen molar-refractivity contribution in [3.05, 3.63) is 96.4 Å². The van der Waals surface area contributed by atoms with Gasteiger partial charge in [-0.1, -0.05) is 64.6 Å². The van der Waals surface area contributed by atoms with Crippen LogP contribution in [0, 0.1) is 6.92 Å². The number of hydrogen-bond acceptors (Lipinski definition) is 6. The van der Waals surface area contributed by atoms with Crippen LogP contribution >= 0.6 is 46.4 Å². The molecule has 11 heteroatoms. The molecule has 3 aromatic rings. The summed E-state index contributed by atoms with van der Waals surface area (Å²) in [5, 5.41) is 9.20. The fraction of sp³-hybridized carbons (Fsp3) is 0.432. The third kappa shape index (κ3) is 8.44. The maximum Gasteiger partial charge on any atom is 0.252 e. The molecule has 0 unspecified atom stereocenters. The van der Waals surface area contributed by atoms with Crippen LogP contribution in [0.3, 0.4) is 0 Å². The van der Waals surface area contributed by atoms with Crippen molar-refractivity contribution in [2.24, 2.45) is 0 Å². The van der Waals surface area contributed by atoms with Gasteiger partial charge < -0.3 is 29.7 Å². The first-order valence-corrected chi connectivity index (χ1v) is 18.0. The van der Waals surface area contributed by atoms with Crippen LogP contribution in [0.15, 0.2) is 54.1 Å². The number of carbonyl (C=O) groups is 1. The van der Waals surface area contributed by atoms with Crippen LogP contribution in [0.1, 0.15) is 47.9 Å². The molecule has 1 saturated carbocycles. The molecule has 1 aliphatic carbocycles. The highest BCUT2D eigenvalue weighted by atomic mass is 35.5. The molecule has 2 fully saturated rings. The molecule has 2 N–H and O–H groups in total. The van der Waals surface area contributed by atoms with Crippen molar-refractivity contribution in [1.82, 2.24) is 15.5 Å². The number of benzene rings is 3. The highest BCUT2D eigenvalue weighted by Gasteiger charge is 2.41. The van der Waals surface area contributed by atoms with Crippen LogP contribution in [0.5, 0.6) is 11.5 Å². The predicted molar refractivity (Wildman–Crippen MR) is 194 cm³/mol. The second-order valence-corrected chi connectivity index (χ2v) is 14.4. The molecule has 2 heterocycles. The molecule has 2 atom stereocenters. The minimum absolute atomic E-state index is 0.0510. The number of hydrogen-bond donors (Lipinski definition) is 2. The van der Waals surface area contributed by atoms with Gasteiger partial charge in [-0.2, -0.15) is 0 Å². The summed E-state index contributed by atoms with van der Waals surface area (Å²) in [6.07, 6.45) is 4.41. The van der Waals surface area contributed by atoms with Crippen LogP contribution in [-0.2, 0) is 22.5 Å². The first-order valence-electron chi connectivity index (χ1n) is 16.5. The van der Waals surface area contributed by atoms with E-state index < -0.39 is 0 Å². The second kappa shape index (κ2) is 16.0. The zero-order valence-corrected chi connectivity index (χ0v) is 30.2. The Bertz CT molecular complexity index is 1640. The van der Waals surface area contributed by atoms with E-state index >= 15 is 0 Å². The first kappa shape index (κ1) is 35.3. The molecule has 48 heavy (non-hydrogen) atoms. The van der Waals surface area contributed by atoms with E-state index in [4.69, 9.17) is 60.6 Å². The van der Waals surface area contributed by atoms with Crippen LogP contribution < -0.4 is 20.1 Å². The summed E-state index contributed by atoms with van der Waals surface area (Å²) in [6.45, 7) is 5.17. The number of methoxy groups -OCH3 is 1. The van der Waals surface area contributed by atoms with E-state index in [1.165, 1.54) is 0 Å². The van der Waals surface area contributed by atoms with Crippen molar-refractivity contribution in [2.45, 2.75) is 63.7 Å². The van der Waals surface area contributed by atoms with Crippen molar-refractivity contribution in [3.8, 4) is 11.5 Å². The quantitative estimate of drug-likeness (QED) is 0.164. The average Bonchev–Trinajstić information content (AvgIpc) is 3.90. The standard InChI is InChI=1S/C37H41Cl4N3O4/c1-22-14-31(39)36(32(40)15-22)48-13-12-47-28-9-5-24(6-10-28)29-18-26-19-42-20-33(43-26)34(29)37(45)44(27-7-8-27)21-25-16-23(4-3-11-46-2)17-30(38)35(25)41/h5-6,9-10,14-17,26-27,33,42-43H,3-4,7-8,11-13,18-21H2,1-2H3/t26-,33+/m1/s1. The van der Waals surface area contributed by atoms with E-state index in [-0.39, 0.29) is 24.0 Å². The first-order chi connectivity index (χ1) is 23.2. The summed E-state index contributed by atoms with van der Waals surface area (Å²) < 4.78 is 17.0. The van der Waals surface area contributed by atoms with Gasteiger partial charge in [-0.25, -0.2) is 0 Å². The van der Waals surface area contributed by atoms with Crippen LogP contribution in [0.4, 0.5) is 0 Å². The number of halogens is 4. The third-order valence-electron chi connectivity index (χ3n) is 9.04. The third-order valence-corrected chi connectivity index (χ3v) is 10.4. The van der Waals surface area contributed by atoms with Gasteiger partial charge in [-0.3, -0.25) is 4.79 Å². The number of piperazine rings is 1. The maximum atomic E-state index is 14.6. The largest absolute Gasteiger partial charge is 0.490 e. The molecule has 0 radical (unpaired) electrons. The van der Waals surface area contributed by atoms with Crippen LogP contribution in [0.25, 0.3) is 5.57 Å². The predicted octanol–water partition coefficient (Wildman–Crippen LogP) is 7.92. The molecule has 0 spiro atoms. The van der Waals surface area contributed by atoms with E-state index in [1.807, 2.05) is 54.3 Å². The molecule has 256 valence electrons. The summed E-state index contributed by atoms with van der Waals surface area (Å²) >= 11 is 25.9. The van der Waals surface area contributed by atoms with Gasteiger partial charge in [0.2, 0.25) is 0 Å². The number of nitrogens with one attached hydrogen (secondary N) is 2. The zero-order valence-electron chi connectivity index (χ0n) is 27.2. The molecule has 0 aromatic heterocycles. The minimum Gasteiger partial charge on any atom is -0.490 e. The fourth-order valence-corrected chi connectivity index (χ4v) is 7.73. The Morgan fingerprint density at radius 3 is 2.35 bits per heavy atom. The van der Waals surface area contributed by atoms with E-state index in [1.54, 1.807) is 7.11 Å². The molecule has 3 aliphatic rings. The van der Waals surface area contributed by atoms with Gasteiger partial charge in [-0.15, -0.1) is 0 Å².